The van der Waals surface area contributed by atoms with Gasteiger partial charge in [-0.3, -0.25) is 4.79 Å². The van der Waals surface area contributed by atoms with Crippen LogP contribution in [0.25, 0.3) is 0 Å². The van der Waals surface area contributed by atoms with Crippen LogP contribution in [0.5, 0.6) is 0 Å². The predicted molar refractivity (Wildman–Crippen MR) is 673 cm³/mol. The number of carbonyl (C=O) groups excluding carboxylic acids is 1. The summed E-state index contributed by atoms with van der Waals surface area (Å²) >= 11 is 0. The molecule has 0 aliphatic heterocycles. The molecule has 872 valence electrons. The maximum absolute atomic E-state index is 12.6. The van der Waals surface area contributed by atoms with Crippen molar-refractivity contribution >= 4 is 279 Å². The Kier molecular flexibility index (Phi) is 55.4. The first-order valence-corrected chi connectivity index (χ1v) is 143. The summed E-state index contributed by atoms with van der Waals surface area (Å²) in [6.07, 6.45) is 2.74. The second kappa shape index (κ2) is 52.7. The van der Waals surface area contributed by atoms with Crippen molar-refractivity contribution in [3.05, 3.63) is 0 Å². The van der Waals surface area contributed by atoms with Gasteiger partial charge in [-0.25, -0.2) is 0 Å². The van der Waals surface area contributed by atoms with Gasteiger partial charge in [0.25, 0.3) is 0 Å². The van der Waals surface area contributed by atoms with Gasteiger partial charge in [0.15, 0.2) is 16.6 Å². The van der Waals surface area contributed by atoms with E-state index in [4.69, 9.17) is 132 Å². The molecule has 0 unspecified atom stereocenters. The molecule has 0 atom stereocenters. The normalized spacial score (nSPS) is 15.9. The SMILES string of the molecule is CCC(C)(C)C.CCC(C)(C)C(=O)OCCC[Si](C)(C)O[Si](C)(C)O[Si](C)(C)O[Si](C)(C)O[Si](C)(C)O[Si](C)(C)O[Si](C)(C)O[Si](C)(C)O[Si](C)(C)O[Si](C)(C)O[Si](C)(C)O[Si](C)(C)O[Si](C)(C)O[Si](C)(C)O[Si](C)(C)O[Si](C)(C)O[Si](C)(C)O[Si](C)(C)O[Si](C)(C)O[Si](C)(C)O[Si](C)(C)O[Si](C)(C)O[Si](C)(C)O[Si](C)(C)O[Si](C)(C)O[Si](C)(C)O[Si](C)(C)O[Si](C)(C)O[Si](C)(C)O[Si](C)(C)O[Si](C)(C)O[Si](C)(C)C. The first kappa shape index (κ1) is 152. The van der Waals surface area contributed by atoms with E-state index in [1.54, 1.807) is 0 Å². The van der Waals surface area contributed by atoms with Gasteiger partial charge in [0.05, 0.1) is 12.0 Å². The Morgan fingerprint density at radius 3 is 0.345 bits per heavy atom. The second-order valence-electron chi connectivity index (χ2n) is 55.4. The third-order valence-electron chi connectivity index (χ3n) is 19.0. The van der Waals surface area contributed by atoms with Gasteiger partial charge in [0.1, 0.15) is 0 Å². The van der Waals surface area contributed by atoms with Crippen LogP contribution < -0.4 is 0 Å². The molecule has 0 saturated carbocycles. The third kappa shape index (κ3) is 72.5. The Morgan fingerprint density at radius 2 is 0.255 bits per heavy atom. The molecule has 0 fully saturated rings. The van der Waals surface area contributed by atoms with Crippen LogP contribution in [0.2, 0.25) is 432 Å². The molecule has 0 rings (SSSR count). The van der Waals surface area contributed by atoms with Crippen LogP contribution in [-0.4, -0.2) is 286 Å². The zero-order valence-corrected chi connectivity index (χ0v) is 139. The van der Waals surface area contributed by atoms with E-state index in [1.807, 2.05) is 20.8 Å². The number of carbonyl (C=O) groups is 1. The molecule has 33 nitrogen and oxygen atoms in total. The molecule has 0 aliphatic carbocycles. The molecule has 0 aliphatic rings. The lowest BCUT2D eigenvalue weighted by Crippen LogP contribution is -2.63. The zero-order chi connectivity index (χ0) is 117. The molecule has 0 heterocycles. The fraction of sp³-hybridized carbons (Fsp3) is 0.988. The minimum absolute atomic E-state index is 0.161. The van der Waals surface area contributed by atoms with Crippen molar-refractivity contribution in [3.63, 3.8) is 0 Å². The van der Waals surface area contributed by atoms with Crippen molar-refractivity contribution in [2.24, 2.45) is 10.8 Å². The molecule has 0 N–H and O–H groups in total. The minimum atomic E-state index is -2.96. The van der Waals surface area contributed by atoms with E-state index in [0.717, 1.165) is 18.9 Å². The third-order valence-corrected chi connectivity index (χ3v) is 143. The molecule has 0 radical (unpaired) electrons. The van der Waals surface area contributed by atoms with Crippen LogP contribution >= 0.6 is 0 Å². The highest BCUT2D eigenvalue weighted by atomic mass is 28.6. The van der Waals surface area contributed by atoms with Crippen LogP contribution in [0.1, 0.15) is 67.7 Å². The zero-order valence-electron chi connectivity index (χ0n) is 107. The van der Waals surface area contributed by atoms with Crippen molar-refractivity contribution in [1.82, 2.24) is 0 Å². The first-order valence-electron chi connectivity index (χ1n) is 52.1. The van der Waals surface area contributed by atoms with Crippen LogP contribution in [-0.2, 0) is 137 Å². The van der Waals surface area contributed by atoms with Gasteiger partial charge in [-0.15, -0.1) is 0 Å². The maximum atomic E-state index is 12.6. The van der Waals surface area contributed by atoms with Gasteiger partial charge in [-0.05, 0) is 464 Å². The Labute approximate surface area is 924 Å². The number of rotatable bonds is 68. The van der Waals surface area contributed by atoms with E-state index in [2.05, 4.69) is 453 Å². The van der Waals surface area contributed by atoms with Crippen molar-refractivity contribution < 1.29 is 137 Å². The van der Waals surface area contributed by atoms with E-state index in [9.17, 15) is 4.79 Å². The first-order chi connectivity index (χ1) is 62.2. The fourth-order valence-electron chi connectivity index (χ4n) is 20.2. The molecule has 0 amide bonds. The molecular weight excluding hydrogens is 2390 g/mol. The summed E-state index contributed by atoms with van der Waals surface area (Å²) in [5, 5.41) is 0. The number of ether oxygens (including phenoxy) is 1. The van der Waals surface area contributed by atoms with E-state index in [-0.39, 0.29) is 5.97 Å². The molecule has 0 bridgehead atoms. The smallest absolute Gasteiger partial charge is 0.314 e. The Morgan fingerprint density at radius 1 is 0.159 bits per heavy atom. The number of hydrogen-bond donors (Lipinski definition) is 0. The van der Waals surface area contributed by atoms with Gasteiger partial charge < -0.3 is 132 Å². The fourth-order valence-corrected chi connectivity index (χ4v) is 186. The molecule has 0 spiro atoms. The van der Waals surface area contributed by atoms with E-state index >= 15 is 0 Å². The topological polar surface area (TPSA) is 312 Å². The van der Waals surface area contributed by atoms with E-state index in [0.29, 0.717) is 12.0 Å². The van der Waals surface area contributed by atoms with Gasteiger partial charge in [0, 0.05) is 0 Å². The number of hydrogen-bond acceptors (Lipinski definition) is 33. The highest BCUT2D eigenvalue weighted by Crippen LogP contribution is 2.40. The standard InChI is InChI=1S/C74H212O33Si32.C6H14/c1-69-74(2,3)73(75)76-71-70-72-109(7,8)78-111(11,12)80-113(15,16)82-115(19,20)84-117(23,24)86-119(27,28)88-121(31,32)90-123(35,36)92-125(39,40)94-127(43,44)96-129(47,48)98-131(51,52)100-133(55,56)102-135(59,60)104-137(63,64)106-139(67,68)107-138(65,66)105-136(61,62)103-134(57,58)101-132(53,54)99-130(49,50)97-128(45,46)95-126(41,42)93-124(37,38)91-122(33,34)89-120(29,30)87-118(25,26)85-116(21,22)83-114(17,18)81-112(13,14)79-110(9,10)77-108(4,5)6;1-5-6(2,3)4/h69-72H2,1-68H3;5H2,1-4H3. The number of esters is 1. The van der Waals surface area contributed by atoms with Gasteiger partial charge in [0.2, 0.25) is 0 Å². The van der Waals surface area contributed by atoms with E-state index in [1.165, 1.54) is 6.42 Å². The van der Waals surface area contributed by atoms with Crippen molar-refractivity contribution in [3.8, 4) is 0 Å². The Balaban J connectivity index is 0. The molecule has 145 heavy (non-hydrogen) atoms. The van der Waals surface area contributed by atoms with Crippen molar-refractivity contribution in [2.75, 3.05) is 6.61 Å². The second-order valence-corrected chi connectivity index (χ2v) is 173. The van der Waals surface area contributed by atoms with Gasteiger partial charge >= 0.3 is 263 Å². The molecule has 0 saturated heterocycles. The van der Waals surface area contributed by atoms with Crippen molar-refractivity contribution in [2.45, 2.75) is 499 Å². The molecule has 0 aromatic heterocycles. The average Bonchev–Trinajstić information content (AvgIpc) is 0.796. The average molecular weight is 2620 g/mol. The lowest BCUT2D eigenvalue weighted by molar-refractivity contribution is -0.154. The quantitative estimate of drug-likeness (QED) is 0.0310. The van der Waals surface area contributed by atoms with Crippen LogP contribution in [0.3, 0.4) is 0 Å². The maximum Gasteiger partial charge on any atom is 0.314 e. The minimum Gasteiger partial charge on any atom is -0.465 e. The summed E-state index contributed by atoms with van der Waals surface area (Å²) in [5.74, 6) is -0.161. The van der Waals surface area contributed by atoms with E-state index < -0.39 is 279 Å². The van der Waals surface area contributed by atoms with Gasteiger partial charge in [-0.2, -0.15) is 0 Å². The summed E-state index contributed by atoms with van der Waals surface area (Å²) in [6, 6.07) is 0.841. The lowest BCUT2D eigenvalue weighted by atomic mass is 9.91. The Hall–Kier alpha value is 5.17. The van der Waals surface area contributed by atoms with Crippen LogP contribution in [0.4, 0.5) is 0 Å². The van der Waals surface area contributed by atoms with Crippen LogP contribution in [0.15, 0.2) is 0 Å². The predicted octanol–water partition coefficient (Wildman–Crippen LogP) is 28.4. The highest BCUT2D eigenvalue weighted by Gasteiger charge is 2.59. The summed E-state index contributed by atoms with van der Waals surface area (Å²) in [4.78, 5) is 12.6. The highest BCUT2D eigenvalue weighted by molar-refractivity contribution is 7.00. The molecule has 0 aromatic carbocycles. The molecular formula is C80H226O33Si32. The lowest BCUT2D eigenvalue weighted by Gasteiger charge is -2.45. The van der Waals surface area contributed by atoms with Crippen LogP contribution in [0, 0.1) is 10.8 Å². The summed E-state index contributed by atoms with van der Waals surface area (Å²) in [7, 11) is -90.3. The molecule has 65 heteroatoms. The Bertz CT molecular complexity index is 3800. The summed E-state index contributed by atoms with van der Waals surface area (Å²) in [6.45, 7) is 150. The summed E-state index contributed by atoms with van der Waals surface area (Å²) < 4.78 is 222. The monoisotopic (exact) mass is 2610 g/mol. The summed E-state index contributed by atoms with van der Waals surface area (Å²) in [5.41, 5.74) is 0.0478. The molecule has 0 aromatic rings. The largest absolute Gasteiger partial charge is 0.465 e. The van der Waals surface area contributed by atoms with Gasteiger partial charge in [-0.1, -0.05) is 41.0 Å². The van der Waals surface area contributed by atoms with Crippen molar-refractivity contribution in [1.29, 1.82) is 0 Å².